The number of ketones is 1. The topological polar surface area (TPSA) is 51.0 Å². The van der Waals surface area contributed by atoms with E-state index in [9.17, 15) is 4.79 Å². The van der Waals surface area contributed by atoms with Crippen LogP contribution in [0, 0.1) is 0 Å². The van der Waals surface area contributed by atoms with Crippen molar-refractivity contribution in [1.82, 2.24) is 19.7 Å². The molecule has 1 atom stereocenters. The van der Waals surface area contributed by atoms with E-state index in [0.717, 1.165) is 23.9 Å². The van der Waals surface area contributed by atoms with Crippen molar-refractivity contribution >= 4 is 17.5 Å². The average molecular weight is 240 g/mol. The van der Waals surface area contributed by atoms with E-state index in [0.29, 0.717) is 6.42 Å². The molecule has 0 radical (unpaired) electrons. The summed E-state index contributed by atoms with van der Waals surface area (Å²) in [5.41, 5.74) is 0. The minimum atomic E-state index is 0.0375. The van der Waals surface area contributed by atoms with E-state index < -0.39 is 0 Å². The van der Waals surface area contributed by atoms with E-state index in [1.54, 1.807) is 4.68 Å². The molecule has 0 spiro atoms. The number of likely N-dealkylation sites (N-methyl/N-ethyl adjacent to an activating group) is 1. The molecule has 88 valence electrons. The first-order valence-corrected chi connectivity index (χ1v) is 6.47. The summed E-state index contributed by atoms with van der Waals surface area (Å²) >= 11 is 1.85. The van der Waals surface area contributed by atoms with Gasteiger partial charge >= 0.3 is 0 Å². The minimum Gasteiger partial charge on any atom is -0.297 e. The predicted molar refractivity (Wildman–Crippen MR) is 63.5 cm³/mol. The van der Waals surface area contributed by atoms with Gasteiger partial charge in [0.2, 0.25) is 0 Å². The molecular weight excluding hydrogens is 224 g/mol. The van der Waals surface area contributed by atoms with Crippen LogP contribution in [0.1, 0.15) is 5.82 Å². The van der Waals surface area contributed by atoms with Crippen molar-refractivity contribution in [2.45, 2.75) is 12.5 Å². The van der Waals surface area contributed by atoms with Crippen LogP contribution >= 0.6 is 11.8 Å². The average Bonchev–Trinajstić information content (AvgIpc) is 2.65. The summed E-state index contributed by atoms with van der Waals surface area (Å²) in [7, 11) is 3.83. The molecule has 1 aromatic heterocycles. The van der Waals surface area contributed by atoms with E-state index in [2.05, 4.69) is 15.0 Å². The van der Waals surface area contributed by atoms with E-state index in [1.807, 2.05) is 25.9 Å². The van der Waals surface area contributed by atoms with Crippen LogP contribution in [0.3, 0.4) is 0 Å². The third-order valence-corrected chi connectivity index (χ3v) is 3.93. The Kier molecular flexibility index (Phi) is 3.60. The van der Waals surface area contributed by atoms with Crippen LogP contribution < -0.4 is 0 Å². The molecule has 0 aromatic carbocycles. The monoisotopic (exact) mass is 240 g/mol. The van der Waals surface area contributed by atoms with Gasteiger partial charge in [-0.15, -0.1) is 0 Å². The maximum Gasteiger partial charge on any atom is 0.158 e. The number of carbonyl (C=O) groups is 1. The molecule has 2 rings (SSSR count). The molecule has 1 aliphatic rings. The van der Waals surface area contributed by atoms with Crippen LogP contribution in [0.5, 0.6) is 0 Å². The Hall–Kier alpha value is -0.880. The molecule has 0 N–H and O–H groups in total. The van der Waals surface area contributed by atoms with Gasteiger partial charge in [-0.3, -0.25) is 14.4 Å². The van der Waals surface area contributed by atoms with Crippen LogP contribution in [-0.2, 0) is 18.3 Å². The summed E-state index contributed by atoms with van der Waals surface area (Å²) in [4.78, 5) is 18.3. The minimum absolute atomic E-state index is 0.0375. The normalized spacial score (nSPS) is 22.2. The van der Waals surface area contributed by atoms with Crippen LogP contribution in [-0.4, -0.2) is 56.6 Å². The zero-order valence-corrected chi connectivity index (χ0v) is 10.4. The Morgan fingerprint density at radius 3 is 3.06 bits per heavy atom. The zero-order chi connectivity index (χ0) is 11.5. The van der Waals surface area contributed by atoms with Gasteiger partial charge in [-0.05, 0) is 7.05 Å². The van der Waals surface area contributed by atoms with E-state index in [1.165, 1.54) is 6.33 Å². The van der Waals surface area contributed by atoms with E-state index in [-0.39, 0.29) is 11.8 Å². The Balaban J connectivity index is 2.00. The molecule has 2 heterocycles. The fraction of sp³-hybridized carbons (Fsp3) is 0.700. The summed E-state index contributed by atoms with van der Waals surface area (Å²) < 4.78 is 1.66. The highest BCUT2D eigenvalue weighted by Crippen LogP contribution is 2.16. The van der Waals surface area contributed by atoms with Crippen molar-refractivity contribution in [1.29, 1.82) is 0 Å². The van der Waals surface area contributed by atoms with Crippen LogP contribution in [0.4, 0.5) is 0 Å². The van der Waals surface area contributed by atoms with E-state index in [4.69, 9.17) is 0 Å². The number of aromatic nitrogens is 3. The summed E-state index contributed by atoms with van der Waals surface area (Å²) in [6, 6.07) is 0.0375. The van der Waals surface area contributed by atoms with Crippen molar-refractivity contribution in [3.8, 4) is 0 Å². The number of Topliss-reactive ketones (excluding diaryl/α,β-unsaturated/α-hetero) is 1. The smallest absolute Gasteiger partial charge is 0.158 e. The number of thioether (sulfide) groups is 1. The second-order valence-electron chi connectivity index (χ2n) is 4.01. The summed E-state index contributed by atoms with van der Waals surface area (Å²) in [6.07, 6.45) is 1.87. The molecule has 0 bridgehead atoms. The quantitative estimate of drug-likeness (QED) is 0.743. The lowest BCUT2D eigenvalue weighted by Crippen LogP contribution is -2.45. The molecule has 6 heteroatoms. The Bertz CT molecular complexity index is 379. The van der Waals surface area contributed by atoms with Crippen molar-refractivity contribution in [2.75, 3.05) is 25.1 Å². The standard InChI is InChI=1S/C10H16N4OS/c1-13-3-4-16-6-8(13)9(15)5-10-11-7-12-14(10)2/h7-8H,3-6H2,1-2H3. The second kappa shape index (κ2) is 4.97. The SMILES string of the molecule is CN1CCSCC1C(=O)Cc1ncnn1C. The van der Waals surface area contributed by atoms with E-state index >= 15 is 0 Å². The van der Waals surface area contributed by atoms with Crippen molar-refractivity contribution in [3.63, 3.8) is 0 Å². The fourth-order valence-corrected chi connectivity index (χ4v) is 3.03. The number of hydrogen-bond acceptors (Lipinski definition) is 5. The van der Waals surface area contributed by atoms with Crippen molar-refractivity contribution in [3.05, 3.63) is 12.2 Å². The van der Waals surface area contributed by atoms with Gasteiger partial charge in [-0.1, -0.05) is 0 Å². The molecule has 0 saturated carbocycles. The first-order valence-electron chi connectivity index (χ1n) is 5.32. The van der Waals surface area contributed by atoms with Gasteiger partial charge < -0.3 is 0 Å². The highest BCUT2D eigenvalue weighted by atomic mass is 32.2. The van der Waals surface area contributed by atoms with Gasteiger partial charge in [0.1, 0.15) is 12.2 Å². The number of rotatable bonds is 3. The number of hydrogen-bond donors (Lipinski definition) is 0. The molecule has 16 heavy (non-hydrogen) atoms. The molecular formula is C10H16N4OS. The van der Waals surface area contributed by atoms with Crippen LogP contribution in [0.15, 0.2) is 6.33 Å². The number of nitrogens with zero attached hydrogens (tertiary/aromatic N) is 4. The Morgan fingerprint density at radius 1 is 1.62 bits per heavy atom. The van der Waals surface area contributed by atoms with Gasteiger partial charge in [0.15, 0.2) is 5.78 Å². The van der Waals surface area contributed by atoms with Gasteiger partial charge in [0.05, 0.1) is 12.5 Å². The number of aryl methyl sites for hydroxylation is 1. The lowest BCUT2D eigenvalue weighted by molar-refractivity contribution is -0.122. The lowest BCUT2D eigenvalue weighted by Gasteiger charge is -2.30. The summed E-state index contributed by atoms with van der Waals surface area (Å²) in [5.74, 6) is 3.00. The number of carbonyl (C=O) groups excluding carboxylic acids is 1. The van der Waals surface area contributed by atoms with Crippen molar-refractivity contribution < 1.29 is 4.79 Å². The lowest BCUT2D eigenvalue weighted by atomic mass is 10.1. The van der Waals surface area contributed by atoms with Gasteiger partial charge in [-0.25, -0.2) is 4.98 Å². The van der Waals surface area contributed by atoms with Gasteiger partial charge in [-0.2, -0.15) is 16.9 Å². The zero-order valence-electron chi connectivity index (χ0n) is 9.59. The molecule has 1 fully saturated rings. The molecule has 1 aliphatic heterocycles. The predicted octanol–water partition coefficient (Wildman–Crippen LogP) is -0.0261. The van der Waals surface area contributed by atoms with Crippen molar-refractivity contribution in [2.24, 2.45) is 7.05 Å². The van der Waals surface area contributed by atoms with Gasteiger partial charge in [0.25, 0.3) is 0 Å². The fourth-order valence-electron chi connectivity index (χ4n) is 1.78. The molecule has 5 nitrogen and oxygen atoms in total. The largest absolute Gasteiger partial charge is 0.297 e. The van der Waals surface area contributed by atoms with Crippen LogP contribution in [0.2, 0.25) is 0 Å². The highest BCUT2D eigenvalue weighted by molar-refractivity contribution is 7.99. The molecule has 0 amide bonds. The summed E-state index contributed by atoms with van der Waals surface area (Å²) in [5, 5.41) is 3.97. The third-order valence-electron chi connectivity index (χ3n) is 2.91. The molecule has 1 unspecified atom stereocenters. The van der Waals surface area contributed by atoms with Gasteiger partial charge in [0, 0.05) is 25.1 Å². The van der Waals surface area contributed by atoms with Crippen LogP contribution in [0.25, 0.3) is 0 Å². The second-order valence-corrected chi connectivity index (χ2v) is 5.16. The maximum absolute atomic E-state index is 12.1. The molecule has 1 aromatic rings. The first kappa shape index (κ1) is 11.6. The maximum atomic E-state index is 12.1. The Morgan fingerprint density at radius 2 is 2.44 bits per heavy atom. The first-order chi connectivity index (χ1) is 7.68. The third kappa shape index (κ3) is 2.44. The Labute approximate surface area is 99.2 Å². The summed E-state index contributed by atoms with van der Waals surface area (Å²) in [6.45, 7) is 0.986. The highest BCUT2D eigenvalue weighted by Gasteiger charge is 2.26. The molecule has 0 aliphatic carbocycles. The molecule has 1 saturated heterocycles.